The number of amides is 1. The number of aryl methyl sites for hydroxylation is 2. The van der Waals surface area contributed by atoms with Gasteiger partial charge in [0, 0.05) is 38.0 Å². The van der Waals surface area contributed by atoms with Crippen LogP contribution in [0.4, 0.5) is 5.82 Å². The maximum atomic E-state index is 11.9. The number of hydrogen-bond donors (Lipinski definition) is 1. The average Bonchev–Trinajstić information content (AvgIpc) is 3.05. The second-order valence-corrected chi connectivity index (χ2v) is 4.70. The number of aromatic nitrogens is 3. The number of rotatable bonds is 7. The third-order valence-electron chi connectivity index (χ3n) is 3.00. The van der Waals surface area contributed by atoms with E-state index in [1.165, 1.54) is 0 Å². The minimum absolute atomic E-state index is 0.0914. The Kier molecular flexibility index (Phi) is 5.10. The maximum absolute atomic E-state index is 11.9. The summed E-state index contributed by atoms with van der Waals surface area (Å²) < 4.78 is 12.3. The van der Waals surface area contributed by atoms with Crippen LogP contribution in [0, 0.1) is 6.92 Å². The quantitative estimate of drug-likeness (QED) is 0.846. The molecule has 21 heavy (non-hydrogen) atoms. The number of carbonyl (C=O) groups excluding carboxylic acids is 1. The number of hydrogen-bond acceptors (Lipinski definition) is 5. The summed E-state index contributed by atoms with van der Waals surface area (Å²) in [5, 5.41) is 6.42. The van der Waals surface area contributed by atoms with Gasteiger partial charge in [0.15, 0.2) is 5.82 Å². The molecule has 7 nitrogen and oxygen atoms in total. The normalized spacial score (nSPS) is 12.3. The van der Waals surface area contributed by atoms with Crippen LogP contribution in [-0.4, -0.2) is 27.2 Å². The SMILES string of the molecule is CCO[C@@H](C)c1nccn1CCC(=O)Nc1cc(C)on1. The monoisotopic (exact) mass is 292 g/mol. The highest BCUT2D eigenvalue weighted by Crippen LogP contribution is 2.15. The van der Waals surface area contributed by atoms with Gasteiger partial charge < -0.3 is 19.1 Å². The number of nitrogens with one attached hydrogen (secondary N) is 1. The van der Waals surface area contributed by atoms with Gasteiger partial charge in [0.05, 0.1) is 0 Å². The van der Waals surface area contributed by atoms with Crippen LogP contribution in [0.2, 0.25) is 0 Å². The summed E-state index contributed by atoms with van der Waals surface area (Å²) in [5.74, 6) is 1.80. The second-order valence-electron chi connectivity index (χ2n) is 4.70. The van der Waals surface area contributed by atoms with E-state index < -0.39 is 0 Å². The lowest BCUT2D eigenvalue weighted by molar-refractivity contribution is -0.116. The molecule has 114 valence electrons. The minimum Gasteiger partial charge on any atom is -0.371 e. The lowest BCUT2D eigenvalue weighted by Crippen LogP contribution is -2.16. The number of imidazole rings is 1. The highest BCUT2D eigenvalue weighted by molar-refractivity contribution is 5.89. The van der Waals surface area contributed by atoms with Gasteiger partial charge >= 0.3 is 0 Å². The summed E-state index contributed by atoms with van der Waals surface area (Å²) in [4.78, 5) is 16.1. The molecular formula is C14H20N4O3. The molecule has 0 saturated carbocycles. The molecule has 1 N–H and O–H groups in total. The molecule has 2 aromatic rings. The Labute approximate surface area is 123 Å². The number of carbonyl (C=O) groups is 1. The van der Waals surface area contributed by atoms with Crippen molar-refractivity contribution in [2.75, 3.05) is 11.9 Å². The standard InChI is InChI=1S/C14H20N4O3/c1-4-20-11(3)14-15-6-8-18(14)7-5-13(19)16-12-9-10(2)21-17-12/h6,8-9,11H,4-5,7H2,1-3H3,(H,16,17,19)/t11-/m0/s1. The van der Waals surface area contributed by atoms with E-state index in [2.05, 4.69) is 15.5 Å². The van der Waals surface area contributed by atoms with Crippen LogP contribution in [0.3, 0.4) is 0 Å². The number of anilines is 1. The fourth-order valence-electron chi connectivity index (χ4n) is 2.05. The molecular weight excluding hydrogens is 272 g/mol. The van der Waals surface area contributed by atoms with Gasteiger partial charge in [0.1, 0.15) is 17.7 Å². The first-order chi connectivity index (χ1) is 10.1. The molecule has 2 heterocycles. The summed E-state index contributed by atoms with van der Waals surface area (Å²) >= 11 is 0. The molecule has 0 aliphatic rings. The largest absolute Gasteiger partial charge is 0.371 e. The predicted octanol–water partition coefficient (Wildman–Crippen LogP) is 2.31. The first-order valence-corrected chi connectivity index (χ1v) is 6.96. The van der Waals surface area contributed by atoms with E-state index >= 15 is 0 Å². The number of ether oxygens (including phenoxy) is 1. The van der Waals surface area contributed by atoms with Crippen LogP contribution in [0.15, 0.2) is 23.0 Å². The summed E-state index contributed by atoms with van der Waals surface area (Å²) in [5.41, 5.74) is 0. The van der Waals surface area contributed by atoms with Crippen molar-refractivity contribution >= 4 is 11.7 Å². The van der Waals surface area contributed by atoms with Gasteiger partial charge in [-0.2, -0.15) is 0 Å². The first-order valence-electron chi connectivity index (χ1n) is 6.96. The molecule has 1 atom stereocenters. The van der Waals surface area contributed by atoms with Crippen LogP contribution in [0.5, 0.6) is 0 Å². The van der Waals surface area contributed by atoms with E-state index in [1.807, 2.05) is 24.6 Å². The Morgan fingerprint density at radius 3 is 3.05 bits per heavy atom. The Morgan fingerprint density at radius 1 is 1.57 bits per heavy atom. The maximum Gasteiger partial charge on any atom is 0.227 e. The molecule has 0 unspecified atom stereocenters. The Morgan fingerprint density at radius 2 is 2.38 bits per heavy atom. The highest BCUT2D eigenvalue weighted by Gasteiger charge is 2.13. The van der Waals surface area contributed by atoms with Crippen LogP contribution < -0.4 is 5.32 Å². The molecule has 0 spiro atoms. The van der Waals surface area contributed by atoms with Crippen molar-refractivity contribution < 1.29 is 14.1 Å². The zero-order valence-corrected chi connectivity index (χ0v) is 12.5. The first kappa shape index (κ1) is 15.2. The van der Waals surface area contributed by atoms with Crippen molar-refractivity contribution in [3.05, 3.63) is 30.0 Å². The zero-order valence-electron chi connectivity index (χ0n) is 12.5. The molecule has 7 heteroatoms. The molecule has 0 aliphatic carbocycles. The third kappa shape index (κ3) is 4.16. The van der Waals surface area contributed by atoms with Crippen LogP contribution >= 0.6 is 0 Å². The molecule has 0 aromatic carbocycles. The van der Waals surface area contributed by atoms with Gasteiger partial charge in [-0.15, -0.1) is 0 Å². The molecule has 0 fully saturated rings. The van der Waals surface area contributed by atoms with Gasteiger partial charge in [-0.3, -0.25) is 4.79 Å². The van der Waals surface area contributed by atoms with Gasteiger partial charge in [-0.05, 0) is 20.8 Å². The van der Waals surface area contributed by atoms with E-state index in [-0.39, 0.29) is 12.0 Å². The van der Waals surface area contributed by atoms with Crippen molar-refractivity contribution in [1.29, 1.82) is 0 Å². The summed E-state index contributed by atoms with van der Waals surface area (Å²) in [7, 11) is 0. The minimum atomic E-state index is -0.119. The Balaban J connectivity index is 1.88. The number of nitrogens with zero attached hydrogens (tertiary/aromatic N) is 3. The average molecular weight is 292 g/mol. The van der Waals surface area contributed by atoms with E-state index in [0.717, 1.165) is 5.82 Å². The molecule has 0 saturated heterocycles. The van der Waals surface area contributed by atoms with Crippen molar-refractivity contribution in [3.8, 4) is 0 Å². The summed E-state index contributed by atoms with van der Waals surface area (Å²) in [6.45, 7) is 6.82. The van der Waals surface area contributed by atoms with Gasteiger partial charge in [0.25, 0.3) is 0 Å². The van der Waals surface area contributed by atoms with E-state index in [0.29, 0.717) is 31.2 Å². The Hall–Kier alpha value is -2.15. The summed E-state index contributed by atoms with van der Waals surface area (Å²) in [6, 6.07) is 1.68. The molecule has 1 amide bonds. The van der Waals surface area contributed by atoms with Crippen LogP contribution in [-0.2, 0) is 16.1 Å². The Bertz CT molecular complexity index is 591. The van der Waals surface area contributed by atoms with Crippen molar-refractivity contribution in [1.82, 2.24) is 14.7 Å². The van der Waals surface area contributed by atoms with Crippen LogP contribution in [0.25, 0.3) is 0 Å². The van der Waals surface area contributed by atoms with Crippen molar-refractivity contribution in [2.24, 2.45) is 0 Å². The van der Waals surface area contributed by atoms with Gasteiger partial charge in [-0.25, -0.2) is 4.98 Å². The second kappa shape index (κ2) is 7.03. The van der Waals surface area contributed by atoms with E-state index in [1.54, 1.807) is 19.2 Å². The molecule has 0 aliphatic heterocycles. The topological polar surface area (TPSA) is 82.2 Å². The lowest BCUT2D eigenvalue weighted by Gasteiger charge is -2.13. The molecule has 2 aromatic heterocycles. The van der Waals surface area contributed by atoms with E-state index in [4.69, 9.17) is 9.26 Å². The molecule has 2 rings (SSSR count). The fourth-order valence-corrected chi connectivity index (χ4v) is 2.05. The third-order valence-corrected chi connectivity index (χ3v) is 3.00. The van der Waals surface area contributed by atoms with Crippen molar-refractivity contribution in [2.45, 2.75) is 39.8 Å². The summed E-state index contributed by atoms with van der Waals surface area (Å²) in [6.07, 6.45) is 3.79. The lowest BCUT2D eigenvalue weighted by atomic mass is 10.3. The molecule has 0 radical (unpaired) electrons. The molecule has 0 bridgehead atoms. The van der Waals surface area contributed by atoms with Crippen LogP contribution in [0.1, 0.15) is 38.0 Å². The fraction of sp³-hybridized carbons (Fsp3) is 0.500. The highest BCUT2D eigenvalue weighted by atomic mass is 16.5. The zero-order chi connectivity index (χ0) is 15.2. The van der Waals surface area contributed by atoms with Gasteiger partial charge in [-0.1, -0.05) is 5.16 Å². The van der Waals surface area contributed by atoms with E-state index in [9.17, 15) is 4.79 Å². The van der Waals surface area contributed by atoms with Crippen molar-refractivity contribution in [3.63, 3.8) is 0 Å². The predicted molar refractivity (Wildman–Crippen MR) is 76.8 cm³/mol. The smallest absolute Gasteiger partial charge is 0.227 e. The van der Waals surface area contributed by atoms with Gasteiger partial charge in [0.2, 0.25) is 5.91 Å².